The molecular formula is C16H18N2O5. The van der Waals surface area contributed by atoms with Crippen LogP contribution in [0.4, 0.5) is 0 Å². The van der Waals surface area contributed by atoms with Crippen molar-refractivity contribution >= 4 is 23.7 Å². The first-order valence-corrected chi connectivity index (χ1v) is 7.14. The fraction of sp³-hybridized carbons (Fsp3) is 0.375. The van der Waals surface area contributed by atoms with Crippen molar-refractivity contribution in [3.8, 4) is 0 Å². The monoisotopic (exact) mass is 318 g/mol. The van der Waals surface area contributed by atoms with Gasteiger partial charge >= 0.3 is 5.97 Å². The molecule has 1 aromatic carbocycles. The summed E-state index contributed by atoms with van der Waals surface area (Å²) >= 11 is 0. The van der Waals surface area contributed by atoms with Crippen LogP contribution in [0.25, 0.3) is 0 Å². The highest BCUT2D eigenvalue weighted by molar-refractivity contribution is 6.22. The van der Waals surface area contributed by atoms with Gasteiger partial charge in [-0.05, 0) is 26.0 Å². The minimum atomic E-state index is -1.11. The number of likely N-dealkylation sites (N-methyl/N-ethyl adjacent to an activating group) is 1. The molecule has 0 saturated heterocycles. The molecule has 23 heavy (non-hydrogen) atoms. The molecule has 0 bridgehead atoms. The molecule has 7 heteroatoms. The fourth-order valence-electron chi connectivity index (χ4n) is 2.35. The third-order valence-corrected chi connectivity index (χ3v) is 3.64. The molecule has 0 aromatic heterocycles. The van der Waals surface area contributed by atoms with Gasteiger partial charge in [0.15, 0.2) is 6.10 Å². The summed E-state index contributed by atoms with van der Waals surface area (Å²) in [6, 6.07) is 5.25. The van der Waals surface area contributed by atoms with E-state index in [9.17, 15) is 19.2 Å². The van der Waals surface area contributed by atoms with Gasteiger partial charge in [-0.15, -0.1) is 0 Å². The minimum absolute atomic E-state index is 0.259. The number of hydrogen-bond acceptors (Lipinski definition) is 5. The number of nitrogens with zero attached hydrogens (tertiary/aromatic N) is 2. The van der Waals surface area contributed by atoms with Crippen LogP contribution in [0.2, 0.25) is 0 Å². The van der Waals surface area contributed by atoms with Crippen LogP contribution in [0.1, 0.15) is 34.6 Å². The zero-order chi connectivity index (χ0) is 17.3. The van der Waals surface area contributed by atoms with E-state index in [0.29, 0.717) is 0 Å². The lowest BCUT2D eigenvalue weighted by atomic mass is 10.1. The standard InChI is InChI=1S/C16H18N2O5/c1-9(16(22)23-10(2)13(19)17(3)4)18-14(20)11-7-5-6-8-12(11)15(18)21/h5-10H,1-4H3/t9-,10-/m0/s1. The van der Waals surface area contributed by atoms with Gasteiger partial charge in [-0.2, -0.15) is 0 Å². The van der Waals surface area contributed by atoms with Crippen molar-refractivity contribution in [3.63, 3.8) is 0 Å². The van der Waals surface area contributed by atoms with E-state index < -0.39 is 29.9 Å². The summed E-state index contributed by atoms with van der Waals surface area (Å²) in [5, 5.41) is 0. The lowest BCUT2D eigenvalue weighted by molar-refractivity contribution is -0.160. The number of carbonyl (C=O) groups excluding carboxylic acids is 4. The Morgan fingerprint density at radius 2 is 1.52 bits per heavy atom. The Hall–Kier alpha value is -2.70. The number of carbonyl (C=O) groups is 4. The molecule has 1 aliphatic rings. The number of benzene rings is 1. The van der Waals surface area contributed by atoms with Crippen LogP contribution in [0.5, 0.6) is 0 Å². The van der Waals surface area contributed by atoms with E-state index in [1.165, 1.54) is 30.9 Å². The number of esters is 1. The maximum atomic E-state index is 12.3. The van der Waals surface area contributed by atoms with Crippen molar-refractivity contribution in [3.05, 3.63) is 35.4 Å². The van der Waals surface area contributed by atoms with Gasteiger partial charge in [-0.1, -0.05) is 12.1 Å². The van der Waals surface area contributed by atoms with E-state index in [-0.39, 0.29) is 17.0 Å². The molecule has 0 radical (unpaired) electrons. The molecule has 2 rings (SSSR count). The van der Waals surface area contributed by atoms with Crippen molar-refractivity contribution in [1.82, 2.24) is 9.80 Å². The molecule has 0 saturated carbocycles. The van der Waals surface area contributed by atoms with Crippen LogP contribution in [0, 0.1) is 0 Å². The molecule has 1 aromatic rings. The highest BCUT2D eigenvalue weighted by Crippen LogP contribution is 2.24. The summed E-state index contributed by atoms with van der Waals surface area (Å²) in [6.45, 7) is 2.84. The minimum Gasteiger partial charge on any atom is -0.451 e. The van der Waals surface area contributed by atoms with Gasteiger partial charge in [0.05, 0.1) is 11.1 Å². The van der Waals surface area contributed by atoms with Gasteiger partial charge in [-0.3, -0.25) is 19.3 Å². The summed E-state index contributed by atoms with van der Waals surface area (Å²) < 4.78 is 5.07. The van der Waals surface area contributed by atoms with Gasteiger partial charge < -0.3 is 9.64 Å². The van der Waals surface area contributed by atoms with E-state index in [4.69, 9.17) is 4.74 Å². The molecule has 3 amide bonds. The van der Waals surface area contributed by atoms with E-state index >= 15 is 0 Å². The summed E-state index contributed by atoms with van der Waals surface area (Å²) in [4.78, 5) is 50.7. The molecule has 1 aliphatic heterocycles. The largest absolute Gasteiger partial charge is 0.451 e. The third kappa shape index (κ3) is 2.94. The van der Waals surface area contributed by atoms with E-state index in [0.717, 1.165) is 4.90 Å². The zero-order valence-electron chi connectivity index (χ0n) is 13.4. The summed E-state index contributed by atoms with van der Waals surface area (Å²) in [5.41, 5.74) is 0.518. The van der Waals surface area contributed by atoms with Gasteiger partial charge in [0, 0.05) is 14.1 Å². The second-order valence-electron chi connectivity index (χ2n) is 5.51. The highest BCUT2D eigenvalue weighted by atomic mass is 16.5. The Morgan fingerprint density at radius 3 is 1.96 bits per heavy atom. The molecule has 0 fully saturated rings. The summed E-state index contributed by atoms with van der Waals surface area (Å²) in [7, 11) is 3.08. The SMILES string of the molecule is C[C@H](OC(=O)[C@H](C)N1C(=O)c2ccccc2C1=O)C(=O)N(C)C. The zero-order valence-corrected chi connectivity index (χ0v) is 13.4. The fourth-order valence-corrected chi connectivity index (χ4v) is 2.35. The van der Waals surface area contributed by atoms with Gasteiger partial charge in [-0.25, -0.2) is 4.79 Å². The van der Waals surface area contributed by atoms with Gasteiger partial charge in [0.2, 0.25) is 0 Å². The van der Waals surface area contributed by atoms with Crippen LogP contribution < -0.4 is 0 Å². The Bertz CT molecular complexity index is 648. The van der Waals surface area contributed by atoms with Gasteiger partial charge in [0.25, 0.3) is 17.7 Å². The molecule has 0 spiro atoms. The van der Waals surface area contributed by atoms with Gasteiger partial charge in [0.1, 0.15) is 6.04 Å². The lowest BCUT2D eigenvalue weighted by Gasteiger charge is -2.23. The molecule has 7 nitrogen and oxygen atoms in total. The van der Waals surface area contributed by atoms with Crippen molar-refractivity contribution in [2.45, 2.75) is 26.0 Å². The van der Waals surface area contributed by atoms with Crippen molar-refractivity contribution < 1.29 is 23.9 Å². The molecule has 2 atom stereocenters. The Balaban J connectivity index is 2.14. The van der Waals surface area contributed by atoms with E-state index in [1.54, 1.807) is 26.2 Å². The first-order chi connectivity index (χ1) is 10.8. The molecule has 1 heterocycles. The van der Waals surface area contributed by atoms with Crippen molar-refractivity contribution in [2.24, 2.45) is 0 Å². The normalized spacial score (nSPS) is 15.9. The van der Waals surface area contributed by atoms with Crippen LogP contribution in [0.15, 0.2) is 24.3 Å². The molecule has 0 N–H and O–H groups in total. The predicted molar refractivity (Wildman–Crippen MR) is 80.7 cm³/mol. The van der Waals surface area contributed by atoms with Crippen molar-refractivity contribution in [1.29, 1.82) is 0 Å². The number of ether oxygens (including phenoxy) is 1. The first-order valence-electron chi connectivity index (χ1n) is 7.14. The smallest absolute Gasteiger partial charge is 0.329 e. The van der Waals surface area contributed by atoms with E-state index in [2.05, 4.69) is 0 Å². The highest BCUT2D eigenvalue weighted by Gasteiger charge is 2.41. The number of hydrogen-bond donors (Lipinski definition) is 0. The lowest BCUT2D eigenvalue weighted by Crippen LogP contribution is -2.46. The van der Waals surface area contributed by atoms with Crippen LogP contribution in [-0.2, 0) is 14.3 Å². The number of imide groups is 1. The number of rotatable bonds is 4. The second kappa shape index (κ2) is 6.20. The maximum absolute atomic E-state index is 12.3. The Kier molecular flexibility index (Phi) is 4.49. The Morgan fingerprint density at radius 1 is 1.04 bits per heavy atom. The van der Waals surface area contributed by atoms with Crippen LogP contribution in [-0.4, -0.2) is 59.7 Å². The maximum Gasteiger partial charge on any atom is 0.329 e. The summed E-state index contributed by atoms with van der Waals surface area (Å²) in [6.07, 6.45) is -0.991. The quantitative estimate of drug-likeness (QED) is 0.602. The average Bonchev–Trinajstić information content (AvgIpc) is 2.77. The first kappa shape index (κ1) is 16.7. The molecule has 0 unspecified atom stereocenters. The second-order valence-corrected chi connectivity index (χ2v) is 5.51. The molecule has 0 aliphatic carbocycles. The summed E-state index contributed by atoms with van der Waals surface area (Å²) in [5.74, 6) is -2.27. The number of fused-ring (bicyclic) bond motifs is 1. The topological polar surface area (TPSA) is 84.0 Å². The predicted octanol–water partition coefficient (Wildman–Crippen LogP) is 0.691. The Labute approximate surface area is 133 Å². The molecule has 122 valence electrons. The number of amides is 3. The average molecular weight is 318 g/mol. The van der Waals surface area contributed by atoms with Crippen LogP contribution >= 0.6 is 0 Å². The van der Waals surface area contributed by atoms with Crippen molar-refractivity contribution in [2.75, 3.05) is 14.1 Å². The molecular weight excluding hydrogens is 300 g/mol. The van der Waals surface area contributed by atoms with E-state index in [1.807, 2.05) is 0 Å². The third-order valence-electron chi connectivity index (χ3n) is 3.64. The van der Waals surface area contributed by atoms with Crippen LogP contribution in [0.3, 0.4) is 0 Å².